The van der Waals surface area contributed by atoms with Crippen molar-refractivity contribution in [3.8, 4) is 0 Å². The minimum Gasteiger partial charge on any atom is -0.480 e. The van der Waals surface area contributed by atoms with E-state index >= 15 is 0 Å². The fourth-order valence-electron chi connectivity index (χ4n) is 5.61. The van der Waals surface area contributed by atoms with Crippen LogP contribution in [0.25, 0.3) is 0 Å². The third-order valence-electron chi connectivity index (χ3n) is 7.50. The summed E-state index contributed by atoms with van der Waals surface area (Å²) in [5.41, 5.74) is 5.57. The van der Waals surface area contributed by atoms with Crippen LogP contribution in [0.4, 0.5) is 5.69 Å². The predicted molar refractivity (Wildman–Crippen MR) is 130 cm³/mol. The molecule has 1 aliphatic carbocycles. The van der Waals surface area contributed by atoms with Crippen molar-refractivity contribution in [3.05, 3.63) is 65.2 Å². The summed E-state index contributed by atoms with van der Waals surface area (Å²) in [5.74, 6) is 0.678. The van der Waals surface area contributed by atoms with E-state index in [0.29, 0.717) is 12.3 Å². The third kappa shape index (κ3) is 5.33. The van der Waals surface area contributed by atoms with Gasteiger partial charge < -0.3 is 20.6 Å². The zero-order chi connectivity index (χ0) is 22.5. The van der Waals surface area contributed by atoms with Crippen LogP contribution in [0, 0.1) is 5.92 Å². The highest BCUT2D eigenvalue weighted by Crippen LogP contribution is 2.38. The van der Waals surface area contributed by atoms with Gasteiger partial charge in [0.05, 0.1) is 0 Å². The number of anilines is 1. The highest BCUT2D eigenvalue weighted by molar-refractivity contribution is 5.74. The first kappa shape index (κ1) is 22.8. The van der Waals surface area contributed by atoms with E-state index < -0.39 is 12.0 Å². The van der Waals surface area contributed by atoms with Crippen LogP contribution in [0.15, 0.2) is 48.5 Å². The Balaban J connectivity index is 1.34. The number of nitrogens with one attached hydrogen (secondary N) is 2. The summed E-state index contributed by atoms with van der Waals surface area (Å²) in [6, 6.07) is 17.6. The molecule has 0 bridgehead atoms. The first-order valence-electron chi connectivity index (χ1n) is 12.1. The highest BCUT2D eigenvalue weighted by Gasteiger charge is 2.31. The smallest absolute Gasteiger partial charge is 0.320 e. The second kappa shape index (κ2) is 10.5. The van der Waals surface area contributed by atoms with Crippen molar-refractivity contribution in [1.29, 1.82) is 0 Å². The highest BCUT2D eigenvalue weighted by atomic mass is 16.4. The van der Waals surface area contributed by atoms with Gasteiger partial charge in [0.2, 0.25) is 0 Å². The number of benzene rings is 2. The number of carboxylic acid groups (broad SMARTS) is 1. The van der Waals surface area contributed by atoms with Gasteiger partial charge in [-0.15, -0.1) is 0 Å². The minimum absolute atomic E-state index is 0.222. The number of hydrogen-bond donors (Lipinski definition) is 3. The van der Waals surface area contributed by atoms with Crippen LogP contribution in [0.3, 0.4) is 0 Å². The van der Waals surface area contributed by atoms with Gasteiger partial charge in [-0.25, -0.2) is 0 Å². The van der Waals surface area contributed by atoms with E-state index in [1.165, 1.54) is 48.1 Å². The molecule has 1 heterocycles. The molecule has 0 amide bonds. The molecule has 172 valence electrons. The summed E-state index contributed by atoms with van der Waals surface area (Å²) < 4.78 is 0. The number of hydrogen-bond acceptors (Lipinski definition) is 4. The van der Waals surface area contributed by atoms with Gasteiger partial charge in [0.25, 0.3) is 0 Å². The standard InChI is InChI=1S/C27H37N3O2/c1-28-17-22-7-3-4-9-25(22)21-12-10-19(11-13-21)14-20-6-5-8-23(15-20)30(2)24-16-26(27(31)32)29-18-24/h3-9,15,19,21,24,26,28-29H,10-14,16-18H2,1-2H3,(H,31,32)/t19-,21-,24?,26-/m0/s1. The summed E-state index contributed by atoms with van der Waals surface area (Å²) >= 11 is 0. The number of rotatable bonds is 8. The second-order valence-corrected chi connectivity index (χ2v) is 9.62. The first-order chi connectivity index (χ1) is 15.5. The molecule has 2 atom stereocenters. The van der Waals surface area contributed by atoms with E-state index in [1.54, 1.807) is 0 Å². The number of aliphatic carboxylic acids is 1. The van der Waals surface area contributed by atoms with Gasteiger partial charge in [0, 0.05) is 31.9 Å². The fraction of sp³-hybridized carbons (Fsp3) is 0.519. The molecular weight excluding hydrogens is 398 g/mol. The normalized spacial score (nSPS) is 25.6. The van der Waals surface area contributed by atoms with E-state index in [4.69, 9.17) is 0 Å². The van der Waals surface area contributed by atoms with Crippen LogP contribution < -0.4 is 15.5 Å². The second-order valence-electron chi connectivity index (χ2n) is 9.62. The molecule has 1 saturated heterocycles. The Kier molecular flexibility index (Phi) is 7.48. The molecule has 0 spiro atoms. The zero-order valence-corrected chi connectivity index (χ0v) is 19.4. The van der Waals surface area contributed by atoms with Gasteiger partial charge >= 0.3 is 5.97 Å². The van der Waals surface area contributed by atoms with Crippen molar-refractivity contribution in [2.24, 2.45) is 5.92 Å². The maximum absolute atomic E-state index is 11.3. The van der Waals surface area contributed by atoms with Crippen LogP contribution in [0.2, 0.25) is 0 Å². The van der Waals surface area contributed by atoms with E-state index in [-0.39, 0.29) is 6.04 Å². The van der Waals surface area contributed by atoms with Gasteiger partial charge in [-0.3, -0.25) is 4.79 Å². The van der Waals surface area contributed by atoms with Crippen LogP contribution in [0.1, 0.15) is 54.7 Å². The monoisotopic (exact) mass is 435 g/mol. The Labute approximate surface area is 192 Å². The van der Waals surface area contributed by atoms with Crippen molar-refractivity contribution < 1.29 is 9.90 Å². The predicted octanol–water partition coefficient (Wildman–Crippen LogP) is 4.17. The molecule has 32 heavy (non-hydrogen) atoms. The summed E-state index contributed by atoms with van der Waals surface area (Å²) in [5, 5.41) is 15.7. The number of nitrogens with zero attached hydrogens (tertiary/aromatic N) is 1. The van der Waals surface area contributed by atoms with Crippen LogP contribution in [-0.4, -0.2) is 43.8 Å². The molecular formula is C27H37N3O2. The summed E-state index contributed by atoms with van der Waals surface area (Å²) in [7, 11) is 4.11. The van der Waals surface area contributed by atoms with E-state index in [2.05, 4.69) is 71.1 Å². The minimum atomic E-state index is -0.751. The van der Waals surface area contributed by atoms with E-state index in [9.17, 15) is 9.90 Å². The Morgan fingerprint density at radius 2 is 1.91 bits per heavy atom. The van der Waals surface area contributed by atoms with Gasteiger partial charge in [-0.1, -0.05) is 36.4 Å². The Hall–Kier alpha value is -2.37. The quantitative estimate of drug-likeness (QED) is 0.581. The van der Waals surface area contributed by atoms with E-state index in [0.717, 1.165) is 25.4 Å². The van der Waals surface area contributed by atoms with Crippen molar-refractivity contribution in [2.45, 2.75) is 63.1 Å². The maximum atomic E-state index is 11.3. The first-order valence-corrected chi connectivity index (χ1v) is 12.1. The molecule has 4 rings (SSSR count). The number of carboxylic acids is 1. The average Bonchev–Trinajstić information content (AvgIpc) is 3.31. The lowest BCUT2D eigenvalue weighted by Gasteiger charge is -2.31. The van der Waals surface area contributed by atoms with Crippen LogP contribution in [-0.2, 0) is 17.8 Å². The molecule has 0 radical (unpaired) electrons. The molecule has 1 unspecified atom stereocenters. The van der Waals surface area contributed by atoms with E-state index in [1.807, 2.05) is 7.05 Å². The van der Waals surface area contributed by atoms with Gasteiger partial charge in [0.15, 0.2) is 0 Å². The molecule has 5 heteroatoms. The SMILES string of the molecule is CNCc1ccccc1[C@H]1CC[C@H](Cc2cccc(N(C)C3CN[C@H](C(=O)O)C3)c2)CC1. The fourth-order valence-corrected chi connectivity index (χ4v) is 5.61. The lowest BCUT2D eigenvalue weighted by Crippen LogP contribution is -2.33. The van der Waals surface area contributed by atoms with Gasteiger partial charge in [-0.05, 0) is 86.2 Å². The largest absolute Gasteiger partial charge is 0.480 e. The summed E-state index contributed by atoms with van der Waals surface area (Å²) in [4.78, 5) is 13.5. The maximum Gasteiger partial charge on any atom is 0.320 e. The lowest BCUT2D eigenvalue weighted by molar-refractivity contribution is -0.139. The van der Waals surface area contributed by atoms with Gasteiger partial charge in [-0.2, -0.15) is 0 Å². The average molecular weight is 436 g/mol. The number of carbonyl (C=O) groups is 1. The topological polar surface area (TPSA) is 64.6 Å². The third-order valence-corrected chi connectivity index (χ3v) is 7.50. The Morgan fingerprint density at radius 3 is 2.62 bits per heavy atom. The van der Waals surface area contributed by atoms with Gasteiger partial charge in [0.1, 0.15) is 6.04 Å². The van der Waals surface area contributed by atoms with Crippen molar-refractivity contribution >= 4 is 11.7 Å². The Morgan fingerprint density at radius 1 is 1.12 bits per heavy atom. The van der Waals surface area contributed by atoms with Crippen molar-refractivity contribution in [3.63, 3.8) is 0 Å². The van der Waals surface area contributed by atoms with Crippen LogP contribution in [0.5, 0.6) is 0 Å². The molecule has 2 aliphatic rings. The molecule has 2 fully saturated rings. The zero-order valence-electron chi connectivity index (χ0n) is 19.4. The number of likely N-dealkylation sites (N-methyl/N-ethyl adjacent to an activating group) is 1. The van der Waals surface area contributed by atoms with Crippen molar-refractivity contribution in [2.75, 3.05) is 25.5 Å². The lowest BCUT2D eigenvalue weighted by atomic mass is 9.75. The van der Waals surface area contributed by atoms with Crippen molar-refractivity contribution in [1.82, 2.24) is 10.6 Å². The Bertz CT molecular complexity index is 907. The summed E-state index contributed by atoms with van der Waals surface area (Å²) in [6.45, 7) is 1.66. The molecule has 3 N–H and O–H groups in total. The van der Waals surface area contributed by atoms with Crippen LogP contribution >= 0.6 is 0 Å². The summed E-state index contributed by atoms with van der Waals surface area (Å²) in [6.07, 6.45) is 6.89. The molecule has 0 aromatic heterocycles. The molecule has 2 aromatic carbocycles. The molecule has 1 saturated carbocycles. The molecule has 5 nitrogen and oxygen atoms in total. The molecule has 1 aliphatic heterocycles. The molecule has 2 aromatic rings.